The van der Waals surface area contributed by atoms with Crippen LogP contribution in [0, 0.1) is 6.92 Å². The minimum atomic E-state index is -0.542. The van der Waals surface area contributed by atoms with Crippen LogP contribution in [0.25, 0.3) is 0 Å². The Bertz CT molecular complexity index is 697. The van der Waals surface area contributed by atoms with Crippen molar-refractivity contribution < 1.29 is 19.1 Å². The van der Waals surface area contributed by atoms with Crippen LogP contribution < -0.4 is 20.5 Å². The first-order valence-electron chi connectivity index (χ1n) is 6.46. The number of hydrogen-bond acceptors (Lipinski definition) is 5. The molecule has 116 valence electrons. The van der Waals surface area contributed by atoms with E-state index in [0.717, 1.165) is 5.56 Å². The number of thiophene rings is 1. The van der Waals surface area contributed by atoms with Crippen LogP contribution in [-0.4, -0.2) is 25.5 Å². The van der Waals surface area contributed by atoms with Crippen LogP contribution in [0.2, 0.25) is 0 Å². The molecule has 0 unspecified atom stereocenters. The quantitative estimate of drug-likeness (QED) is 0.853. The van der Waals surface area contributed by atoms with E-state index in [-0.39, 0.29) is 12.5 Å². The minimum absolute atomic E-state index is 0.183. The van der Waals surface area contributed by atoms with Gasteiger partial charge in [-0.05, 0) is 42.1 Å². The zero-order chi connectivity index (χ0) is 16.1. The number of aryl methyl sites for hydroxylation is 1. The van der Waals surface area contributed by atoms with Gasteiger partial charge in [0, 0.05) is 5.69 Å². The third kappa shape index (κ3) is 3.76. The second-order valence-electron chi connectivity index (χ2n) is 4.50. The highest BCUT2D eigenvalue weighted by molar-refractivity contribution is 7.12. The molecule has 7 heteroatoms. The van der Waals surface area contributed by atoms with Crippen molar-refractivity contribution in [2.24, 2.45) is 5.73 Å². The van der Waals surface area contributed by atoms with Crippen molar-refractivity contribution in [3.8, 4) is 11.5 Å². The molecule has 0 aliphatic carbocycles. The minimum Gasteiger partial charge on any atom is -0.495 e. The summed E-state index contributed by atoms with van der Waals surface area (Å²) < 4.78 is 10.3. The van der Waals surface area contributed by atoms with E-state index < -0.39 is 5.91 Å². The normalized spacial score (nSPS) is 10.1. The molecule has 6 nitrogen and oxygen atoms in total. The van der Waals surface area contributed by atoms with Crippen LogP contribution in [0.3, 0.4) is 0 Å². The fraction of sp³-hybridized carbons (Fsp3) is 0.200. The maximum Gasteiger partial charge on any atom is 0.269 e. The Morgan fingerprint density at radius 1 is 1.32 bits per heavy atom. The van der Waals surface area contributed by atoms with Crippen molar-refractivity contribution in [3.05, 3.63) is 40.1 Å². The van der Waals surface area contributed by atoms with Crippen molar-refractivity contribution in [2.45, 2.75) is 6.92 Å². The zero-order valence-corrected chi connectivity index (χ0v) is 13.0. The van der Waals surface area contributed by atoms with Crippen LogP contribution >= 0.6 is 11.3 Å². The average molecular weight is 320 g/mol. The third-order valence-electron chi connectivity index (χ3n) is 2.88. The molecule has 2 aromatic rings. The van der Waals surface area contributed by atoms with Gasteiger partial charge in [-0.2, -0.15) is 0 Å². The molecule has 1 heterocycles. The first-order chi connectivity index (χ1) is 10.5. The molecule has 0 spiro atoms. The second-order valence-corrected chi connectivity index (χ2v) is 5.42. The Morgan fingerprint density at radius 2 is 2.09 bits per heavy atom. The molecule has 0 radical (unpaired) electrons. The van der Waals surface area contributed by atoms with E-state index in [4.69, 9.17) is 15.2 Å². The van der Waals surface area contributed by atoms with Crippen molar-refractivity contribution >= 4 is 28.8 Å². The van der Waals surface area contributed by atoms with E-state index >= 15 is 0 Å². The number of methoxy groups -OCH3 is 1. The van der Waals surface area contributed by atoms with Gasteiger partial charge in [0.05, 0.1) is 7.11 Å². The number of amides is 2. The molecule has 0 aliphatic heterocycles. The summed E-state index contributed by atoms with van der Waals surface area (Å²) in [5, 5.41) is 4.62. The van der Waals surface area contributed by atoms with Crippen molar-refractivity contribution in [1.29, 1.82) is 0 Å². The fourth-order valence-corrected chi connectivity index (χ4v) is 2.58. The topological polar surface area (TPSA) is 90.7 Å². The van der Waals surface area contributed by atoms with Crippen LogP contribution in [-0.2, 0) is 4.79 Å². The number of carbonyl (C=O) groups is 2. The largest absolute Gasteiger partial charge is 0.495 e. The van der Waals surface area contributed by atoms with E-state index in [1.54, 1.807) is 29.6 Å². The predicted molar refractivity (Wildman–Crippen MR) is 84.7 cm³/mol. The summed E-state index contributed by atoms with van der Waals surface area (Å²) >= 11 is 1.31. The SMILES string of the molecule is COc1ccsc1C(=O)Nc1ccc(OCC(N)=O)cc1C. The van der Waals surface area contributed by atoms with Gasteiger partial charge >= 0.3 is 0 Å². The Morgan fingerprint density at radius 3 is 2.73 bits per heavy atom. The van der Waals surface area contributed by atoms with Crippen molar-refractivity contribution in [3.63, 3.8) is 0 Å². The summed E-state index contributed by atoms with van der Waals surface area (Å²) in [6.07, 6.45) is 0. The molecule has 0 fully saturated rings. The molecule has 1 aromatic heterocycles. The maximum atomic E-state index is 12.2. The summed E-state index contributed by atoms with van der Waals surface area (Å²) in [4.78, 5) is 23.4. The number of primary amides is 1. The highest BCUT2D eigenvalue weighted by Gasteiger charge is 2.15. The molecule has 0 saturated carbocycles. The number of carbonyl (C=O) groups excluding carboxylic acids is 2. The lowest BCUT2D eigenvalue weighted by Gasteiger charge is -2.10. The van der Waals surface area contributed by atoms with Gasteiger partial charge in [0.15, 0.2) is 6.61 Å². The predicted octanol–water partition coefficient (Wildman–Crippen LogP) is 2.18. The molecule has 3 N–H and O–H groups in total. The lowest BCUT2D eigenvalue weighted by molar-refractivity contribution is -0.119. The maximum absolute atomic E-state index is 12.2. The fourth-order valence-electron chi connectivity index (χ4n) is 1.82. The number of hydrogen-bond donors (Lipinski definition) is 2. The van der Waals surface area contributed by atoms with E-state index in [9.17, 15) is 9.59 Å². The van der Waals surface area contributed by atoms with E-state index in [2.05, 4.69) is 5.32 Å². The molecular formula is C15H16N2O4S. The summed E-state index contributed by atoms with van der Waals surface area (Å²) in [6.45, 7) is 1.65. The molecule has 0 bridgehead atoms. The lowest BCUT2D eigenvalue weighted by atomic mass is 10.2. The van der Waals surface area contributed by atoms with Gasteiger partial charge in [0.2, 0.25) is 0 Å². The number of nitrogens with two attached hydrogens (primary N) is 1. The summed E-state index contributed by atoms with van der Waals surface area (Å²) in [6, 6.07) is 6.85. The summed E-state index contributed by atoms with van der Waals surface area (Å²) in [5.41, 5.74) is 6.49. The van der Waals surface area contributed by atoms with Crippen LogP contribution in [0.4, 0.5) is 5.69 Å². The van der Waals surface area contributed by atoms with Gasteiger partial charge in [-0.3, -0.25) is 9.59 Å². The molecule has 2 amide bonds. The lowest BCUT2D eigenvalue weighted by Crippen LogP contribution is -2.20. The van der Waals surface area contributed by atoms with Gasteiger partial charge in [-0.25, -0.2) is 0 Å². The second kappa shape index (κ2) is 6.95. The Hall–Kier alpha value is -2.54. The van der Waals surface area contributed by atoms with Gasteiger partial charge in [-0.1, -0.05) is 0 Å². The molecule has 0 atom stereocenters. The standard InChI is InChI=1S/C15H16N2O4S/c1-9-7-10(21-8-13(16)18)3-4-11(9)17-15(19)14-12(20-2)5-6-22-14/h3-7H,8H2,1-2H3,(H2,16,18)(H,17,19). The molecule has 0 saturated heterocycles. The van der Waals surface area contributed by atoms with Gasteiger partial charge < -0.3 is 20.5 Å². The van der Waals surface area contributed by atoms with Crippen molar-refractivity contribution in [1.82, 2.24) is 0 Å². The number of ether oxygens (including phenoxy) is 2. The Labute approximate surface area is 131 Å². The molecule has 2 rings (SSSR count). The first kappa shape index (κ1) is 15.8. The van der Waals surface area contributed by atoms with Crippen LogP contribution in [0.1, 0.15) is 15.2 Å². The van der Waals surface area contributed by atoms with Gasteiger partial charge in [0.25, 0.3) is 11.8 Å². The van der Waals surface area contributed by atoms with Crippen molar-refractivity contribution in [2.75, 3.05) is 19.0 Å². The molecule has 0 aliphatic rings. The summed E-state index contributed by atoms with van der Waals surface area (Å²) in [5.74, 6) is 0.283. The average Bonchev–Trinajstić information content (AvgIpc) is 2.96. The van der Waals surface area contributed by atoms with Crippen LogP contribution in [0.15, 0.2) is 29.6 Å². The molecule has 22 heavy (non-hydrogen) atoms. The highest BCUT2D eigenvalue weighted by atomic mass is 32.1. The molecule has 1 aromatic carbocycles. The van der Waals surface area contributed by atoms with E-state index in [1.165, 1.54) is 18.4 Å². The van der Waals surface area contributed by atoms with Gasteiger partial charge in [0.1, 0.15) is 16.4 Å². The monoisotopic (exact) mass is 320 g/mol. The summed E-state index contributed by atoms with van der Waals surface area (Å²) in [7, 11) is 1.52. The number of anilines is 1. The Balaban J connectivity index is 2.10. The third-order valence-corrected chi connectivity index (χ3v) is 3.78. The number of nitrogens with one attached hydrogen (secondary N) is 1. The van der Waals surface area contributed by atoms with Gasteiger partial charge in [-0.15, -0.1) is 11.3 Å². The molecular weight excluding hydrogens is 304 g/mol. The highest BCUT2D eigenvalue weighted by Crippen LogP contribution is 2.27. The van der Waals surface area contributed by atoms with E-state index in [1.807, 2.05) is 6.92 Å². The van der Waals surface area contributed by atoms with E-state index in [0.29, 0.717) is 22.1 Å². The van der Waals surface area contributed by atoms with Crippen LogP contribution in [0.5, 0.6) is 11.5 Å². The zero-order valence-electron chi connectivity index (χ0n) is 12.2. The number of benzene rings is 1. The number of rotatable bonds is 6. The first-order valence-corrected chi connectivity index (χ1v) is 7.34. The smallest absolute Gasteiger partial charge is 0.269 e. The Kier molecular flexibility index (Phi) is 5.00.